The van der Waals surface area contributed by atoms with Crippen molar-refractivity contribution in [2.75, 3.05) is 23.3 Å². The summed E-state index contributed by atoms with van der Waals surface area (Å²) in [6.07, 6.45) is 7.80. The highest BCUT2D eigenvalue weighted by molar-refractivity contribution is 5.59. The summed E-state index contributed by atoms with van der Waals surface area (Å²) in [5.41, 5.74) is 1.27. The average Bonchev–Trinajstić information content (AvgIpc) is 2.47. The van der Waals surface area contributed by atoms with E-state index in [0.717, 1.165) is 31.1 Å². The first kappa shape index (κ1) is 14.1. The molecule has 0 radical (unpaired) electrons. The molecular formula is C15H26N4. The van der Waals surface area contributed by atoms with Gasteiger partial charge < -0.3 is 10.2 Å². The van der Waals surface area contributed by atoms with Gasteiger partial charge in [-0.3, -0.25) is 0 Å². The van der Waals surface area contributed by atoms with Crippen LogP contribution in [0.25, 0.3) is 0 Å². The molecule has 1 unspecified atom stereocenters. The fourth-order valence-electron chi connectivity index (χ4n) is 3.00. The molecule has 1 aromatic rings. The van der Waals surface area contributed by atoms with E-state index in [4.69, 9.17) is 0 Å². The highest BCUT2D eigenvalue weighted by Gasteiger charge is 2.24. The van der Waals surface area contributed by atoms with E-state index in [-0.39, 0.29) is 0 Å². The van der Waals surface area contributed by atoms with E-state index in [2.05, 4.69) is 41.0 Å². The van der Waals surface area contributed by atoms with Crippen molar-refractivity contribution in [1.29, 1.82) is 0 Å². The minimum Gasteiger partial charge on any atom is -0.370 e. The van der Waals surface area contributed by atoms with Gasteiger partial charge in [0.1, 0.15) is 18.0 Å². The standard InChI is InChI=1S/C15H26N4/c1-4-12-9-7-8-10-19(12)15-13(5-2)14(16-6-3)17-11-18-15/h11-12H,4-10H2,1-3H3,(H,16,17,18). The van der Waals surface area contributed by atoms with Crippen LogP contribution in [0.2, 0.25) is 0 Å². The maximum Gasteiger partial charge on any atom is 0.137 e. The largest absolute Gasteiger partial charge is 0.370 e. The normalized spacial score (nSPS) is 19.5. The van der Waals surface area contributed by atoms with Crippen molar-refractivity contribution < 1.29 is 0 Å². The van der Waals surface area contributed by atoms with Crippen molar-refractivity contribution in [1.82, 2.24) is 9.97 Å². The Kier molecular flexibility index (Phi) is 5.00. The molecule has 1 fully saturated rings. The molecule has 4 heteroatoms. The molecule has 0 aliphatic carbocycles. The van der Waals surface area contributed by atoms with Gasteiger partial charge in [-0.25, -0.2) is 9.97 Å². The summed E-state index contributed by atoms with van der Waals surface area (Å²) >= 11 is 0. The lowest BCUT2D eigenvalue weighted by molar-refractivity contribution is 0.445. The zero-order valence-corrected chi connectivity index (χ0v) is 12.4. The van der Waals surface area contributed by atoms with Crippen LogP contribution in [-0.4, -0.2) is 29.1 Å². The third-order valence-corrected chi connectivity index (χ3v) is 3.99. The summed E-state index contributed by atoms with van der Waals surface area (Å²) in [6, 6.07) is 0.642. The quantitative estimate of drug-likeness (QED) is 0.884. The van der Waals surface area contributed by atoms with Crippen molar-refractivity contribution in [3.63, 3.8) is 0 Å². The van der Waals surface area contributed by atoms with E-state index < -0.39 is 0 Å². The lowest BCUT2D eigenvalue weighted by atomic mass is 9.99. The lowest BCUT2D eigenvalue weighted by Gasteiger charge is -2.37. The molecule has 1 aliphatic rings. The Morgan fingerprint density at radius 3 is 2.79 bits per heavy atom. The first-order chi connectivity index (χ1) is 9.31. The number of nitrogens with one attached hydrogen (secondary N) is 1. The molecule has 0 aromatic carbocycles. The van der Waals surface area contributed by atoms with Gasteiger partial charge in [-0.05, 0) is 39.0 Å². The smallest absolute Gasteiger partial charge is 0.137 e. The van der Waals surface area contributed by atoms with Crippen molar-refractivity contribution in [2.24, 2.45) is 0 Å². The van der Waals surface area contributed by atoms with Gasteiger partial charge in [0.05, 0.1) is 0 Å². The van der Waals surface area contributed by atoms with Crippen LogP contribution in [0.1, 0.15) is 52.0 Å². The van der Waals surface area contributed by atoms with Crippen molar-refractivity contribution in [3.8, 4) is 0 Å². The molecule has 19 heavy (non-hydrogen) atoms. The Morgan fingerprint density at radius 1 is 1.26 bits per heavy atom. The Morgan fingerprint density at radius 2 is 2.11 bits per heavy atom. The second kappa shape index (κ2) is 6.73. The molecule has 106 valence electrons. The van der Waals surface area contributed by atoms with E-state index in [0.29, 0.717) is 6.04 Å². The number of rotatable bonds is 5. The minimum atomic E-state index is 0.642. The zero-order valence-electron chi connectivity index (χ0n) is 12.4. The SMILES string of the molecule is CCNc1ncnc(N2CCCCC2CC)c1CC. The number of aromatic nitrogens is 2. The van der Waals surface area contributed by atoms with Gasteiger partial charge in [0.15, 0.2) is 0 Å². The first-order valence-corrected chi connectivity index (χ1v) is 7.66. The first-order valence-electron chi connectivity index (χ1n) is 7.66. The van der Waals surface area contributed by atoms with E-state index in [1.165, 1.54) is 31.2 Å². The molecule has 0 saturated carbocycles. The van der Waals surface area contributed by atoms with Crippen LogP contribution in [0, 0.1) is 0 Å². The summed E-state index contributed by atoms with van der Waals surface area (Å²) in [4.78, 5) is 11.5. The van der Waals surface area contributed by atoms with Crippen LogP contribution in [0.5, 0.6) is 0 Å². The molecule has 1 N–H and O–H groups in total. The Hall–Kier alpha value is -1.32. The van der Waals surface area contributed by atoms with Gasteiger partial charge in [-0.1, -0.05) is 13.8 Å². The number of piperidine rings is 1. The zero-order chi connectivity index (χ0) is 13.7. The fraction of sp³-hybridized carbons (Fsp3) is 0.733. The van der Waals surface area contributed by atoms with Crippen molar-refractivity contribution >= 4 is 11.6 Å². The van der Waals surface area contributed by atoms with E-state index in [1.54, 1.807) is 6.33 Å². The van der Waals surface area contributed by atoms with E-state index >= 15 is 0 Å². The highest BCUT2D eigenvalue weighted by Crippen LogP contribution is 2.30. The van der Waals surface area contributed by atoms with Crippen LogP contribution in [-0.2, 0) is 6.42 Å². The third-order valence-electron chi connectivity index (χ3n) is 3.99. The van der Waals surface area contributed by atoms with Crippen LogP contribution in [0.15, 0.2) is 6.33 Å². The maximum absolute atomic E-state index is 4.59. The third kappa shape index (κ3) is 2.99. The van der Waals surface area contributed by atoms with Crippen LogP contribution >= 0.6 is 0 Å². The van der Waals surface area contributed by atoms with Gasteiger partial charge in [0.2, 0.25) is 0 Å². The fourth-order valence-corrected chi connectivity index (χ4v) is 3.00. The Bertz CT molecular complexity index is 405. The van der Waals surface area contributed by atoms with Crippen LogP contribution in [0.4, 0.5) is 11.6 Å². The molecule has 4 nitrogen and oxygen atoms in total. The van der Waals surface area contributed by atoms with Gasteiger partial charge in [0, 0.05) is 24.7 Å². The number of anilines is 2. The monoisotopic (exact) mass is 262 g/mol. The van der Waals surface area contributed by atoms with Crippen LogP contribution in [0.3, 0.4) is 0 Å². The summed E-state index contributed by atoms with van der Waals surface area (Å²) in [7, 11) is 0. The second-order valence-corrected chi connectivity index (χ2v) is 5.16. The predicted molar refractivity (Wildman–Crippen MR) is 80.8 cm³/mol. The van der Waals surface area contributed by atoms with Gasteiger partial charge in [-0.15, -0.1) is 0 Å². The Labute approximate surface area is 116 Å². The van der Waals surface area contributed by atoms with E-state index in [9.17, 15) is 0 Å². The van der Waals surface area contributed by atoms with Gasteiger partial charge in [0.25, 0.3) is 0 Å². The maximum atomic E-state index is 4.59. The Balaban J connectivity index is 2.34. The number of nitrogens with zero attached hydrogens (tertiary/aromatic N) is 3. The molecule has 0 spiro atoms. The van der Waals surface area contributed by atoms with Crippen LogP contribution < -0.4 is 10.2 Å². The molecular weight excluding hydrogens is 236 g/mol. The predicted octanol–water partition coefficient (Wildman–Crippen LogP) is 3.24. The molecule has 2 heterocycles. The molecule has 1 saturated heterocycles. The van der Waals surface area contributed by atoms with Gasteiger partial charge >= 0.3 is 0 Å². The van der Waals surface area contributed by atoms with Crippen molar-refractivity contribution in [2.45, 2.75) is 58.9 Å². The second-order valence-electron chi connectivity index (χ2n) is 5.16. The molecule has 2 rings (SSSR count). The summed E-state index contributed by atoms with van der Waals surface area (Å²) in [6.45, 7) is 8.61. The summed E-state index contributed by atoms with van der Waals surface area (Å²) < 4.78 is 0. The summed E-state index contributed by atoms with van der Waals surface area (Å²) in [5.74, 6) is 2.16. The van der Waals surface area contributed by atoms with E-state index in [1.807, 2.05) is 0 Å². The van der Waals surface area contributed by atoms with Gasteiger partial charge in [-0.2, -0.15) is 0 Å². The number of hydrogen-bond acceptors (Lipinski definition) is 4. The highest BCUT2D eigenvalue weighted by atomic mass is 15.2. The average molecular weight is 262 g/mol. The molecule has 1 aliphatic heterocycles. The molecule has 1 atom stereocenters. The number of hydrogen-bond donors (Lipinski definition) is 1. The lowest BCUT2D eigenvalue weighted by Crippen LogP contribution is -2.40. The molecule has 1 aromatic heterocycles. The minimum absolute atomic E-state index is 0.642. The summed E-state index contributed by atoms with van der Waals surface area (Å²) in [5, 5.41) is 3.36. The molecule has 0 amide bonds. The van der Waals surface area contributed by atoms with Crippen molar-refractivity contribution in [3.05, 3.63) is 11.9 Å². The molecule has 0 bridgehead atoms. The topological polar surface area (TPSA) is 41.1 Å².